The van der Waals surface area contributed by atoms with Gasteiger partial charge in [0.25, 0.3) is 0 Å². The zero-order chi connectivity index (χ0) is 24.7. The molecule has 4 rings (SSSR count). The van der Waals surface area contributed by atoms with E-state index in [-0.39, 0.29) is 24.0 Å². The molecule has 0 atom stereocenters. The van der Waals surface area contributed by atoms with E-state index in [1.165, 1.54) is 14.2 Å². The van der Waals surface area contributed by atoms with Gasteiger partial charge in [-0.3, -0.25) is 9.36 Å². The largest absolute Gasteiger partial charge is 0.358 e. The van der Waals surface area contributed by atoms with Crippen molar-refractivity contribution in [2.45, 2.75) is 37.4 Å². The number of ketones is 1. The monoisotopic (exact) mass is 492 g/mol. The molecule has 0 saturated heterocycles. The predicted octanol–water partition coefficient (Wildman–Crippen LogP) is 6.61. The number of carbonyl (C=O) groups excluding carboxylic acids is 1. The van der Waals surface area contributed by atoms with Gasteiger partial charge in [0.15, 0.2) is 0 Å². The average Bonchev–Trinajstić information content (AvgIpc) is 2.93. The number of rotatable bonds is 10. The molecule has 184 valence electrons. The van der Waals surface area contributed by atoms with Crippen LogP contribution in [0.3, 0.4) is 0 Å². The Bertz CT molecular complexity index is 1020. The predicted molar refractivity (Wildman–Crippen MR) is 138 cm³/mol. The fourth-order valence-corrected chi connectivity index (χ4v) is 6.05. The minimum absolute atomic E-state index is 0.0312. The lowest BCUT2D eigenvalue weighted by atomic mass is 9.79. The van der Waals surface area contributed by atoms with Crippen molar-refractivity contribution in [3.8, 4) is 0 Å². The van der Waals surface area contributed by atoms with Crippen LogP contribution in [0.2, 0.25) is 0 Å². The van der Waals surface area contributed by atoms with Crippen molar-refractivity contribution in [1.82, 2.24) is 0 Å². The topological polar surface area (TPSA) is 61.8 Å². The maximum absolute atomic E-state index is 12.8. The second kappa shape index (κ2) is 11.5. The van der Waals surface area contributed by atoms with Crippen LogP contribution >= 0.6 is 7.60 Å². The first-order valence-electron chi connectivity index (χ1n) is 12.1. The third-order valence-electron chi connectivity index (χ3n) is 6.92. The normalized spacial score (nSPS) is 18.8. The zero-order valence-electron chi connectivity index (χ0n) is 20.3. The van der Waals surface area contributed by atoms with E-state index in [0.29, 0.717) is 12.8 Å². The molecule has 0 radical (unpaired) electrons. The van der Waals surface area contributed by atoms with Gasteiger partial charge >= 0.3 is 7.60 Å². The van der Waals surface area contributed by atoms with Crippen molar-refractivity contribution in [1.29, 1.82) is 0 Å². The van der Waals surface area contributed by atoms with E-state index in [9.17, 15) is 9.36 Å². The minimum atomic E-state index is -3.35. The molecule has 1 aliphatic rings. The van der Waals surface area contributed by atoms with Gasteiger partial charge in [0.2, 0.25) is 0 Å². The summed E-state index contributed by atoms with van der Waals surface area (Å²) in [6.45, 7) is 0. The summed E-state index contributed by atoms with van der Waals surface area (Å²) in [5.41, 5.74) is 2.43. The molecule has 0 amide bonds. The average molecular weight is 493 g/mol. The van der Waals surface area contributed by atoms with E-state index in [4.69, 9.17) is 13.8 Å². The van der Waals surface area contributed by atoms with Gasteiger partial charge in [-0.05, 0) is 42.4 Å². The van der Waals surface area contributed by atoms with E-state index in [1.807, 2.05) is 54.6 Å². The molecule has 0 N–H and O–H groups in total. The molecule has 0 heterocycles. The smallest absolute Gasteiger partial charge is 0.337 e. The number of ether oxygens (including phenoxy) is 1. The highest BCUT2D eigenvalue weighted by atomic mass is 31.2. The molecular weight excluding hydrogens is 459 g/mol. The Morgan fingerprint density at radius 2 is 1.14 bits per heavy atom. The summed E-state index contributed by atoms with van der Waals surface area (Å²) in [5.74, 6) is -0.219. The fourth-order valence-electron chi connectivity index (χ4n) is 5.00. The number of benzene rings is 3. The summed E-state index contributed by atoms with van der Waals surface area (Å²) >= 11 is 0. The second-order valence-electron chi connectivity index (χ2n) is 8.97. The number of carbonyl (C=O) groups is 1. The van der Waals surface area contributed by atoms with Crippen LogP contribution in [-0.2, 0) is 28.7 Å². The summed E-state index contributed by atoms with van der Waals surface area (Å²) in [5, 5.41) is 0. The molecule has 0 unspecified atom stereocenters. The Morgan fingerprint density at radius 1 is 0.743 bits per heavy atom. The molecule has 35 heavy (non-hydrogen) atoms. The fraction of sp³-hybridized carbons (Fsp3) is 0.345. The summed E-state index contributed by atoms with van der Waals surface area (Å²) < 4.78 is 29.5. The first-order valence-corrected chi connectivity index (χ1v) is 13.8. The van der Waals surface area contributed by atoms with E-state index < -0.39 is 13.2 Å². The lowest BCUT2D eigenvalue weighted by molar-refractivity contribution is -0.124. The number of hydrogen-bond donors (Lipinski definition) is 0. The molecule has 1 aliphatic carbocycles. The van der Waals surface area contributed by atoms with Crippen LogP contribution in [0.1, 0.15) is 42.4 Å². The van der Waals surface area contributed by atoms with Crippen LogP contribution in [0.15, 0.2) is 91.0 Å². The molecular formula is C29H33O5P. The molecule has 0 aromatic heterocycles. The van der Waals surface area contributed by atoms with Gasteiger partial charge in [-0.2, -0.15) is 0 Å². The van der Waals surface area contributed by atoms with E-state index >= 15 is 0 Å². The van der Waals surface area contributed by atoms with E-state index in [2.05, 4.69) is 36.4 Å². The molecule has 0 spiro atoms. The Balaban J connectivity index is 1.61. The van der Waals surface area contributed by atoms with Crippen LogP contribution in [-0.4, -0.2) is 32.3 Å². The summed E-state index contributed by atoms with van der Waals surface area (Å²) in [4.78, 5) is 12.8. The van der Waals surface area contributed by atoms with E-state index in [0.717, 1.165) is 29.5 Å². The highest BCUT2D eigenvalue weighted by Gasteiger charge is 2.41. The van der Waals surface area contributed by atoms with Gasteiger partial charge in [-0.15, -0.1) is 0 Å². The quantitative estimate of drug-likeness (QED) is 0.235. The standard InChI is InChI=1S/C29H33O5P/c1-32-35(31,33-2)22-28(30)23-18-20-27(21-19-23)34-29(24-12-6-3-7-13-24,25-14-8-4-9-15-25)26-16-10-5-11-17-26/h3-17,23,27H,18-22H2,1-2H3. The molecule has 3 aromatic carbocycles. The molecule has 5 nitrogen and oxygen atoms in total. The van der Waals surface area contributed by atoms with Gasteiger partial charge in [-0.1, -0.05) is 91.0 Å². The Labute approximate surface area is 208 Å². The molecule has 6 heteroatoms. The maximum Gasteiger partial charge on any atom is 0.337 e. The molecule has 0 bridgehead atoms. The summed E-state index contributed by atoms with van der Waals surface area (Å²) in [6, 6.07) is 31.0. The van der Waals surface area contributed by atoms with E-state index in [1.54, 1.807) is 0 Å². The first-order chi connectivity index (χ1) is 17.0. The Hall–Kier alpha value is -2.56. The third kappa shape index (κ3) is 5.65. The Kier molecular flexibility index (Phi) is 8.35. The molecule has 0 aliphatic heterocycles. The van der Waals surface area contributed by atoms with Crippen molar-refractivity contribution < 1.29 is 23.1 Å². The maximum atomic E-state index is 12.8. The van der Waals surface area contributed by atoms with Gasteiger partial charge < -0.3 is 13.8 Å². The van der Waals surface area contributed by atoms with Crippen LogP contribution in [0.4, 0.5) is 0 Å². The van der Waals surface area contributed by atoms with Crippen LogP contribution < -0.4 is 0 Å². The first kappa shape index (κ1) is 25.5. The molecule has 1 fully saturated rings. The Morgan fingerprint density at radius 3 is 1.51 bits per heavy atom. The number of Topliss-reactive ketones (excluding diaryl/α,β-unsaturated/α-hetero) is 1. The van der Waals surface area contributed by atoms with Crippen molar-refractivity contribution in [2.75, 3.05) is 20.4 Å². The van der Waals surface area contributed by atoms with Crippen molar-refractivity contribution in [3.63, 3.8) is 0 Å². The van der Waals surface area contributed by atoms with Gasteiger partial charge in [0, 0.05) is 20.1 Å². The number of hydrogen-bond acceptors (Lipinski definition) is 5. The van der Waals surface area contributed by atoms with Crippen LogP contribution in [0, 0.1) is 5.92 Å². The minimum Gasteiger partial charge on any atom is -0.358 e. The highest BCUT2D eigenvalue weighted by Crippen LogP contribution is 2.48. The molecule has 1 saturated carbocycles. The third-order valence-corrected chi connectivity index (χ3v) is 8.73. The van der Waals surface area contributed by atoms with Gasteiger partial charge in [0.05, 0.1) is 6.10 Å². The SMILES string of the molecule is COP(=O)(CC(=O)C1CCC(OC(c2ccccc2)(c2ccccc2)c2ccccc2)CC1)OC. The van der Waals surface area contributed by atoms with Crippen LogP contribution in [0.5, 0.6) is 0 Å². The highest BCUT2D eigenvalue weighted by molar-refractivity contribution is 7.54. The summed E-state index contributed by atoms with van der Waals surface area (Å²) in [6.07, 6.45) is 2.65. The van der Waals surface area contributed by atoms with Crippen LogP contribution in [0.25, 0.3) is 0 Å². The molecule has 3 aromatic rings. The lowest BCUT2D eigenvalue weighted by Crippen LogP contribution is -2.39. The zero-order valence-corrected chi connectivity index (χ0v) is 21.2. The summed E-state index contributed by atoms with van der Waals surface area (Å²) in [7, 11) is -0.717. The second-order valence-corrected chi connectivity index (χ2v) is 11.2. The van der Waals surface area contributed by atoms with Gasteiger partial charge in [-0.25, -0.2) is 0 Å². The van der Waals surface area contributed by atoms with Crippen molar-refractivity contribution >= 4 is 13.4 Å². The van der Waals surface area contributed by atoms with Crippen molar-refractivity contribution in [3.05, 3.63) is 108 Å². The lowest BCUT2D eigenvalue weighted by Gasteiger charge is -2.41. The van der Waals surface area contributed by atoms with Crippen molar-refractivity contribution in [2.24, 2.45) is 5.92 Å². The van der Waals surface area contributed by atoms with Gasteiger partial charge in [0.1, 0.15) is 17.5 Å².